The van der Waals surface area contributed by atoms with Crippen LogP contribution in [0.4, 0.5) is 11.4 Å². The van der Waals surface area contributed by atoms with Crippen LogP contribution in [-0.4, -0.2) is 36.3 Å². The van der Waals surface area contributed by atoms with E-state index < -0.39 is 0 Å². The van der Waals surface area contributed by atoms with Crippen LogP contribution >= 0.6 is 0 Å². The number of carbonyl (C=O) groups is 2. The van der Waals surface area contributed by atoms with Crippen LogP contribution in [0, 0.1) is 0 Å². The molecule has 0 unspecified atom stereocenters. The summed E-state index contributed by atoms with van der Waals surface area (Å²) in [7, 11) is 0. The van der Waals surface area contributed by atoms with E-state index in [0.717, 1.165) is 49.5 Å². The smallest absolute Gasteiger partial charge is 0.248 e. The molecule has 2 aromatic carbocycles. The molecular weight excluding hydrogens is 362 g/mol. The zero-order chi connectivity index (χ0) is 20.6. The van der Waals surface area contributed by atoms with Gasteiger partial charge in [-0.15, -0.1) is 0 Å². The molecule has 0 radical (unpaired) electrons. The summed E-state index contributed by atoms with van der Waals surface area (Å²) in [5.74, 6) is 0.0136. The second-order valence-corrected chi connectivity index (χ2v) is 7.22. The van der Waals surface area contributed by atoms with Gasteiger partial charge in [0.05, 0.1) is 0 Å². The van der Waals surface area contributed by atoms with Crippen molar-refractivity contribution in [2.75, 3.05) is 29.9 Å². The van der Waals surface area contributed by atoms with Crippen molar-refractivity contribution in [3.05, 3.63) is 65.7 Å². The van der Waals surface area contributed by atoms with Gasteiger partial charge in [0.15, 0.2) is 0 Å². The Morgan fingerprint density at radius 3 is 2.55 bits per heavy atom. The van der Waals surface area contributed by atoms with Crippen LogP contribution in [0.1, 0.15) is 37.8 Å². The molecule has 152 valence electrons. The SMILES string of the molecule is CCN(CC)Cc1cccc(NC(=O)/C=C/c2ccc(N3CCCC3=O)cc2)c1. The predicted molar refractivity (Wildman–Crippen MR) is 119 cm³/mol. The van der Waals surface area contributed by atoms with Crippen LogP contribution in [0.3, 0.4) is 0 Å². The minimum Gasteiger partial charge on any atom is -0.323 e. The van der Waals surface area contributed by atoms with Gasteiger partial charge in [-0.1, -0.05) is 38.1 Å². The van der Waals surface area contributed by atoms with Crippen LogP contribution in [0.15, 0.2) is 54.6 Å². The fraction of sp³-hybridized carbons (Fsp3) is 0.333. The molecule has 1 heterocycles. The Balaban J connectivity index is 1.57. The first-order valence-electron chi connectivity index (χ1n) is 10.3. The maximum Gasteiger partial charge on any atom is 0.248 e. The average molecular weight is 392 g/mol. The Bertz CT molecular complexity index is 870. The molecule has 2 amide bonds. The number of benzene rings is 2. The summed E-state index contributed by atoms with van der Waals surface area (Å²) in [5.41, 5.74) is 3.82. The molecule has 0 spiro atoms. The van der Waals surface area contributed by atoms with Crippen molar-refractivity contribution in [1.82, 2.24) is 4.90 Å². The van der Waals surface area contributed by atoms with E-state index in [1.165, 1.54) is 11.6 Å². The van der Waals surface area contributed by atoms with Gasteiger partial charge in [0.1, 0.15) is 0 Å². The van der Waals surface area contributed by atoms with Crippen LogP contribution in [0.25, 0.3) is 6.08 Å². The molecule has 0 aromatic heterocycles. The van der Waals surface area contributed by atoms with Crippen LogP contribution in [-0.2, 0) is 16.1 Å². The van der Waals surface area contributed by atoms with Gasteiger partial charge in [-0.3, -0.25) is 14.5 Å². The normalized spacial score (nSPS) is 14.2. The third-order valence-electron chi connectivity index (χ3n) is 5.20. The molecule has 5 nitrogen and oxygen atoms in total. The first-order chi connectivity index (χ1) is 14.1. The van der Waals surface area contributed by atoms with Crippen molar-refractivity contribution in [2.24, 2.45) is 0 Å². The van der Waals surface area contributed by atoms with E-state index in [2.05, 4.69) is 30.1 Å². The summed E-state index contributed by atoms with van der Waals surface area (Å²) in [6.07, 6.45) is 4.85. The zero-order valence-electron chi connectivity index (χ0n) is 17.2. The molecule has 2 aromatic rings. The number of hydrogen-bond acceptors (Lipinski definition) is 3. The van der Waals surface area contributed by atoms with E-state index in [1.54, 1.807) is 6.08 Å². The second-order valence-electron chi connectivity index (χ2n) is 7.22. The highest BCUT2D eigenvalue weighted by Crippen LogP contribution is 2.22. The maximum absolute atomic E-state index is 12.3. The minimum atomic E-state index is -0.163. The lowest BCUT2D eigenvalue weighted by molar-refractivity contribution is -0.117. The highest BCUT2D eigenvalue weighted by atomic mass is 16.2. The van der Waals surface area contributed by atoms with Crippen molar-refractivity contribution < 1.29 is 9.59 Å². The first-order valence-corrected chi connectivity index (χ1v) is 10.3. The maximum atomic E-state index is 12.3. The highest BCUT2D eigenvalue weighted by molar-refractivity contribution is 6.02. The van der Waals surface area contributed by atoms with Gasteiger partial charge < -0.3 is 10.2 Å². The number of carbonyl (C=O) groups excluding carboxylic acids is 2. The molecule has 3 rings (SSSR count). The topological polar surface area (TPSA) is 52.7 Å². The number of anilines is 2. The summed E-state index contributed by atoms with van der Waals surface area (Å²) in [4.78, 5) is 28.3. The number of nitrogens with zero attached hydrogens (tertiary/aromatic N) is 2. The number of rotatable bonds is 8. The van der Waals surface area contributed by atoms with Gasteiger partial charge >= 0.3 is 0 Å². The molecule has 1 aliphatic heterocycles. The molecule has 0 aliphatic carbocycles. The molecular formula is C24H29N3O2. The third kappa shape index (κ3) is 5.78. The summed E-state index contributed by atoms with van der Waals surface area (Å²) in [6, 6.07) is 15.7. The average Bonchev–Trinajstić information content (AvgIpc) is 3.17. The van der Waals surface area contributed by atoms with E-state index in [9.17, 15) is 9.59 Å². The standard InChI is InChI=1S/C24H29N3O2/c1-3-26(4-2)18-20-7-5-8-21(17-20)25-23(28)15-12-19-10-13-22(14-11-19)27-16-6-9-24(27)29/h5,7-8,10-15,17H,3-4,6,9,16,18H2,1-2H3,(H,25,28)/b15-12+. The van der Waals surface area contributed by atoms with Gasteiger partial charge in [-0.25, -0.2) is 0 Å². The van der Waals surface area contributed by atoms with Crippen molar-refractivity contribution in [3.8, 4) is 0 Å². The van der Waals surface area contributed by atoms with Gasteiger partial charge in [-0.2, -0.15) is 0 Å². The van der Waals surface area contributed by atoms with Gasteiger partial charge in [0, 0.05) is 37.0 Å². The number of amides is 2. The van der Waals surface area contributed by atoms with Crippen molar-refractivity contribution in [1.29, 1.82) is 0 Å². The van der Waals surface area contributed by atoms with Crippen molar-refractivity contribution >= 4 is 29.3 Å². The summed E-state index contributed by atoms with van der Waals surface area (Å²) < 4.78 is 0. The van der Waals surface area contributed by atoms with Crippen molar-refractivity contribution in [3.63, 3.8) is 0 Å². The van der Waals surface area contributed by atoms with Crippen LogP contribution in [0.2, 0.25) is 0 Å². The molecule has 1 aliphatic rings. The van der Waals surface area contributed by atoms with Gasteiger partial charge in [-0.05, 0) is 61.0 Å². The van der Waals surface area contributed by atoms with Gasteiger partial charge in [0.25, 0.3) is 0 Å². The van der Waals surface area contributed by atoms with Gasteiger partial charge in [0.2, 0.25) is 11.8 Å². The molecule has 5 heteroatoms. The fourth-order valence-electron chi connectivity index (χ4n) is 3.50. The molecule has 1 fully saturated rings. The second kappa shape index (κ2) is 10.0. The lowest BCUT2D eigenvalue weighted by Crippen LogP contribution is -2.23. The van der Waals surface area contributed by atoms with E-state index in [0.29, 0.717) is 6.42 Å². The highest BCUT2D eigenvalue weighted by Gasteiger charge is 2.21. The molecule has 0 bridgehead atoms. The Morgan fingerprint density at radius 1 is 1.14 bits per heavy atom. The quantitative estimate of drug-likeness (QED) is 0.683. The molecule has 29 heavy (non-hydrogen) atoms. The number of hydrogen-bond donors (Lipinski definition) is 1. The third-order valence-corrected chi connectivity index (χ3v) is 5.20. The summed E-state index contributed by atoms with van der Waals surface area (Å²) in [6.45, 7) is 7.95. The van der Waals surface area contributed by atoms with E-state index in [1.807, 2.05) is 47.4 Å². The first kappa shape index (κ1) is 20.8. The zero-order valence-corrected chi connectivity index (χ0v) is 17.2. The Kier molecular flexibility index (Phi) is 7.19. The monoisotopic (exact) mass is 391 g/mol. The summed E-state index contributed by atoms with van der Waals surface area (Å²) in [5, 5.41) is 2.93. The fourth-order valence-corrected chi connectivity index (χ4v) is 3.50. The molecule has 0 saturated carbocycles. The van der Waals surface area contributed by atoms with E-state index in [-0.39, 0.29) is 11.8 Å². The van der Waals surface area contributed by atoms with Crippen molar-refractivity contribution in [2.45, 2.75) is 33.2 Å². The van der Waals surface area contributed by atoms with E-state index in [4.69, 9.17) is 0 Å². The predicted octanol–water partition coefficient (Wildman–Crippen LogP) is 4.31. The largest absolute Gasteiger partial charge is 0.323 e. The Morgan fingerprint density at radius 2 is 1.90 bits per heavy atom. The molecule has 1 saturated heterocycles. The number of nitrogens with one attached hydrogen (secondary N) is 1. The lowest BCUT2D eigenvalue weighted by atomic mass is 10.1. The minimum absolute atomic E-state index is 0.163. The lowest BCUT2D eigenvalue weighted by Gasteiger charge is -2.18. The Hall–Kier alpha value is -2.92. The van der Waals surface area contributed by atoms with Crippen LogP contribution < -0.4 is 10.2 Å². The summed E-state index contributed by atoms with van der Waals surface area (Å²) >= 11 is 0. The Labute approximate surface area is 173 Å². The van der Waals surface area contributed by atoms with E-state index >= 15 is 0 Å². The van der Waals surface area contributed by atoms with Crippen LogP contribution in [0.5, 0.6) is 0 Å². The molecule has 1 N–H and O–H groups in total. The molecule has 0 atom stereocenters.